The summed E-state index contributed by atoms with van der Waals surface area (Å²) < 4.78 is 20.6. The standard InChI is InChI=1S/C29H58O3Si3/c1-20(30-33(3,4)5)25-16-17-26-24-14-12-21-18-22(31-34(6,7)8)13-15-23(21)28(24)27(19-29(25,26)2)32-35(9,10)11/h20-28H,12-19H2,1-11H3/t20-,21+,22-,23?,24?,25-,26?,27+,28?,29-/m1/s1. The second-order valence-corrected chi connectivity index (χ2v) is 29.5. The molecule has 0 spiro atoms. The highest BCUT2D eigenvalue weighted by Gasteiger charge is 2.61. The molecule has 0 aromatic heterocycles. The van der Waals surface area contributed by atoms with E-state index in [0.717, 1.165) is 29.6 Å². The van der Waals surface area contributed by atoms with Crippen molar-refractivity contribution < 1.29 is 13.3 Å². The van der Waals surface area contributed by atoms with Crippen molar-refractivity contribution in [1.29, 1.82) is 0 Å². The Hall–Kier alpha value is 0.531. The van der Waals surface area contributed by atoms with Crippen LogP contribution in [0.2, 0.25) is 58.9 Å². The Morgan fingerprint density at radius 3 is 1.94 bits per heavy atom. The Bertz CT molecular complexity index is 739. The van der Waals surface area contributed by atoms with Crippen LogP contribution in [0.25, 0.3) is 0 Å². The Labute approximate surface area is 221 Å². The van der Waals surface area contributed by atoms with Crippen molar-refractivity contribution in [3.8, 4) is 0 Å². The van der Waals surface area contributed by atoms with E-state index >= 15 is 0 Å². The summed E-state index contributed by atoms with van der Waals surface area (Å²) in [5.41, 5.74) is 0.371. The van der Waals surface area contributed by atoms with Gasteiger partial charge < -0.3 is 13.3 Å². The summed E-state index contributed by atoms with van der Waals surface area (Å²) in [4.78, 5) is 0. The maximum atomic E-state index is 7.19. The second kappa shape index (κ2) is 9.93. The zero-order valence-corrected chi connectivity index (χ0v) is 28.1. The lowest BCUT2D eigenvalue weighted by atomic mass is 9.48. The molecular weight excluding hydrogens is 481 g/mol. The van der Waals surface area contributed by atoms with E-state index in [4.69, 9.17) is 13.3 Å². The van der Waals surface area contributed by atoms with Gasteiger partial charge in [0.2, 0.25) is 0 Å². The highest BCUT2D eigenvalue weighted by molar-refractivity contribution is 6.70. The van der Waals surface area contributed by atoms with Crippen LogP contribution in [0.5, 0.6) is 0 Å². The molecule has 0 N–H and O–H groups in total. The molecular formula is C29H58O3Si3. The molecule has 0 heterocycles. The van der Waals surface area contributed by atoms with Crippen LogP contribution in [0.15, 0.2) is 0 Å². The molecule has 4 aliphatic rings. The normalized spacial score (nSPS) is 43.3. The molecule has 0 bridgehead atoms. The molecule has 35 heavy (non-hydrogen) atoms. The summed E-state index contributed by atoms with van der Waals surface area (Å²) in [6.07, 6.45) is 12.2. The molecule has 6 heteroatoms. The largest absolute Gasteiger partial charge is 0.415 e. The third-order valence-corrected chi connectivity index (χ3v) is 13.2. The second-order valence-electron chi connectivity index (χ2n) is 16.1. The van der Waals surface area contributed by atoms with E-state index < -0.39 is 25.0 Å². The fourth-order valence-corrected chi connectivity index (χ4v) is 13.1. The number of hydrogen-bond acceptors (Lipinski definition) is 3. The number of fused-ring (bicyclic) bond motifs is 5. The summed E-state index contributed by atoms with van der Waals surface area (Å²) in [6.45, 7) is 26.4. The van der Waals surface area contributed by atoms with Gasteiger partial charge in [-0.25, -0.2) is 0 Å². The van der Waals surface area contributed by atoms with Crippen molar-refractivity contribution in [2.45, 2.75) is 142 Å². The topological polar surface area (TPSA) is 27.7 Å². The monoisotopic (exact) mass is 538 g/mol. The van der Waals surface area contributed by atoms with Crippen LogP contribution in [0.1, 0.15) is 65.2 Å². The van der Waals surface area contributed by atoms with Gasteiger partial charge in [-0.3, -0.25) is 0 Å². The molecule has 0 radical (unpaired) electrons. The predicted octanol–water partition coefficient (Wildman–Crippen LogP) is 8.55. The minimum Gasteiger partial charge on any atom is -0.415 e. The molecule has 4 aliphatic carbocycles. The fourth-order valence-electron chi connectivity index (χ4n) is 9.48. The predicted molar refractivity (Wildman–Crippen MR) is 156 cm³/mol. The maximum Gasteiger partial charge on any atom is 0.184 e. The summed E-state index contributed by atoms with van der Waals surface area (Å²) in [7, 11) is -4.65. The van der Waals surface area contributed by atoms with E-state index in [-0.39, 0.29) is 0 Å². The molecule has 0 amide bonds. The van der Waals surface area contributed by atoms with Gasteiger partial charge in [-0.1, -0.05) is 6.92 Å². The van der Waals surface area contributed by atoms with Crippen LogP contribution in [-0.4, -0.2) is 43.3 Å². The van der Waals surface area contributed by atoms with E-state index in [1.807, 2.05) is 0 Å². The van der Waals surface area contributed by atoms with Crippen molar-refractivity contribution in [2.24, 2.45) is 40.9 Å². The van der Waals surface area contributed by atoms with Gasteiger partial charge in [-0.05, 0) is 158 Å². The fraction of sp³-hybridized carbons (Fsp3) is 1.00. The van der Waals surface area contributed by atoms with Gasteiger partial charge in [0.25, 0.3) is 0 Å². The maximum absolute atomic E-state index is 7.19. The Balaban J connectivity index is 1.58. The zero-order chi connectivity index (χ0) is 26.0. The Morgan fingerprint density at radius 1 is 0.714 bits per heavy atom. The summed E-state index contributed by atoms with van der Waals surface area (Å²) in [5.74, 6) is 4.90. The van der Waals surface area contributed by atoms with E-state index in [9.17, 15) is 0 Å². The van der Waals surface area contributed by atoms with Gasteiger partial charge in [0.05, 0.1) is 0 Å². The third kappa shape index (κ3) is 6.41. The minimum atomic E-state index is -1.63. The summed E-state index contributed by atoms with van der Waals surface area (Å²) in [6, 6.07) is 0. The molecule has 0 saturated heterocycles. The lowest BCUT2D eigenvalue weighted by Gasteiger charge is -2.60. The van der Waals surface area contributed by atoms with Crippen LogP contribution in [0, 0.1) is 40.9 Å². The average molecular weight is 539 g/mol. The first kappa shape index (κ1) is 28.5. The first-order valence-corrected chi connectivity index (χ1v) is 25.2. The number of rotatable bonds is 7. The van der Waals surface area contributed by atoms with Gasteiger partial charge in [0.1, 0.15) is 0 Å². The van der Waals surface area contributed by atoms with Gasteiger partial charge in [0.15, 0.2) is 25.0 Å². The molecule has 0 aromatic carbocycles. The highest BCUT2D eigenvalue weighted by Crippen LogP contribution is 2.65. The zero-order valence-electron chi connectivity index (χ0n) is 25.1. The smallest absolute Gasteiger partial charge is 0.184 e. The van der Waals surface area contributed by atoms with Crippen molar-refractivity contribution >= 4 is 25.0 Å². The molecule has 3 nitrogen and oxygen atoms in total. The van der Waals surface area contributed by atoms with Gasteiger partial charge in [-0.2, -0.15) is 0 Å². The molecule has 0 aliphatic heterocycles. The average Bonchev–Trinajstić information content (AvgIpc) is 3.00. The SMILES string of the molecule is C[C@@H](O[Si](C)(C)C)[C@H]1CCC2C3CC[C@H]4C[C@H](O[Si](C)(C)C)CCC4C3[C@@H](O[Si](C)(C)C)C[C@@]21C. The van der Waals surface area contributed by atoms with E-state index in [1.54, 1.807) is 0 Å². The Morgan fingerprint density at radius 2 is 1.34 bits per heavy atom. The highest BCUT2D eigenvalue weighted by atomic mass is 28.4. The van der Waals surface area contributed by atoms with Gasteiger partial charge in [0, 0.05) is 18.3 Å². The van der Waals surface area contributed by atoms with E-state index in [2.05, 4.69) is 72.8 Å². The minimum absolute atomic E-state index is 0.371. The Kier molecular flexibility index (Phi) is 8.10. The quantitative estimate of drug-likeness (QED) is 0.304. The molecule has 4 unspecified atom stereocenters. The third-order valence-electron chi connectivity index (χ3n) is 10.1. The van der Waals surface area contributed by atoms with Gasteiger partial charge >= 0.3 is 0 Å². The first-order chi connectivity index (χ1) is 16.0. The summed E-state index contributed by atoms with van der Waals surface area (Å²) >= 11 is 0. The van der Waals surface area contributed by atoms with E-state index in [1.165, 1.54) is 51.4 Å². The molecule has 4 fully saturated rings. The van der Waals surface area contributed by atoms with Crippen molar-refractivity contribution in [3.63, 3.8) is 0 Å². The van der Waals surface area contributed by atoms with Crippen molar-refractivity contribution in [2.75, 3.05) is 0 Å². The molecule has 4 saturated carbocycles. The molecule has 0 aromatic rings. The lowest BCUT2D eigenvalue weighted by molar-refractivity contribution is -0.139. The van der Waals surface area contributed by atoms with Crippen LogP contribution >= 0.6 is 0 Å². The van der Waals surface area contributed by atoms with Crippen molar-refractivity contribution in [1.82, 2.24) is 0 Å². The first-order valence-electron chi connectivity index (χ1n) is 15.0. The molecule has 10 atom stereocenters. The number of hydrogen-bond donors (Lipinski definition) is 0. The lowest BCUT2D eigenvalue weighted by Crippen LogP contribution is -2.58. The van der Waals surface area contributed by atoms with Crippen molar-refractivity contribution in [3.05, 3.63) is 0 Å². The molecule has 4 rings (SSSR count). The van der Waals surface area contributed by atoms with Crippen LogP contribution < -0.4 is 0 Å². The van der Waals surface area contributed by atoms with Crippen LogP contribution in [0.3, 0.4) is 0 Å². The van der Waals surface area contributed by atoms with E-state index in [0.29, 0.717) is 29.6 Å². The molecule has 204 valence electrons. The van der Waals surface area contributed by atoms with Crippen LogP contribution in [-0.2, 0) is 13.3 Å². The van der Waals surface area contributed by atoms with Crippen LogP contribution in [0.4, 0.5) is 0 Å². The van der Waals surface area contributed by atoms with Gasteiger partial charge in [-0.15, -0.1) is 0 Å². The summed E-state index contributed by atoms with van der Waals surface area (Å²) in [5, 5.41) is 0.